The highest BCUT2D eigenvalue weighted by molar-refractivity contribution is 5.79. The largest absolute Gasteiger partial charge is 0.300 e. The SMILES string of the molecule is O=C1CC[C@@H]2CC=C[C@@H]2C1. The summed E-state index contributed by atoms with van der Waals surface area (Å²) >= 11 is 0. The molecule has 2 atom stereocenters. The maximum Gasteiger partial charge on any atom is 0.133 e. The van der Waals surface area contributed by atoms with Crippen LogP contribution >= 0.6 is 0 Å². The van der Waals surface area contributed by atoms with Gasteiger partial charge >= 0.3 is 0 Å². The van der Waals surface area contributed by atoms with Crippen LogP contribution in [0.15, 0.2) is 12.2 Å². The molecule has 0 heterocycles. The Morgan fingerprint density at radius 3 is 3.30 bits per heavy atom. The molecule has 1 nitrogen and oxygen atoms in total. The van der Waals surface area contributed by atoms with E-state index >= 15 is 0 Å². The summed E-state index contributed by atoms with van der Waals surface area (Å²) in [6, 6.07) is 0. The lowest BCUT2D eigenvalue weighted by Crippen LogP contribution is -2.20. The summed E-state index contributed by atoms with van der Waals surface area (Å²) in [5.74, 6) is 1.90. The molecule has 0 aromatic rings. The monoisotopic (exact) mass is 136 g/mol. The molecule has 0 unspecified atom stereocenters. The van der Waals surface area contributed by atoms with Gasteiger partial charge in [0.2, 0.25) is 0 Å². The van der Waals surface area contributed by atoms with Gasteiger partial charge in [0.05, 0.1) is 0 Å². The third-order valence-corrected chi connectivity index (χ3v) is 2.68. The van der Waals surface area contributed by atoms with Crippen molar-refractivity contribution in [3.05, 3.63) is 12.2 Å². The van der Waals surface area contributed by atoms with Crippen LogP contribution in [0, 0.1) is 11.8 Å². The van der Waals surface area contributed by atoms with Crippen LogP contribution in [-0.2, 0) is 4.79 Å². The molecule has 0 radical (unpaired) electrons. The number of allylic oxidation sites excluding steroid dienone is 2. The Kier molecular flexibility index (Phi) is 1.37. The van der Waals surface area contributed by atoms with Gasteiger partial charge in [0.15, 0.2) is 0 Å². The van der Waals surface area contributed by atoms with Crippen LogP contribution in [0.5, 0.6) is 0 Å². The topological polar surface area (TPSA) is 17.1 Å². The Balaban J connectivity index is 2.08. The summed E-state index contributed by atoms with van der Waals surface area (Å²) in [7, 11) is 0. The third kappa shape index (κ3) is 0.898. The number of carbonyl (C=O) groups is 1. The van der Waals surface area contributed by atoms with Crippen LogP contribution in [-0.4, -0.2) is 5.78 Å². The first kappa shape index (κ1) is 6.14. The van der Waals surface area contributed by atoms with E-state index in [1.807, 2.05) is 0 Å². The molecular formula is C9H12O. The van der Waals surface area contributed by atoms with Crippen molar-refractivity contribution >= 4 is 5.78 Å². The van der Waals surface area contributed by atoms with Gasteiger partial charge in [-0.1, -0.05) is 12.2 Å². The summed E-state index contributed by atoms with van der Waals surface area (Å²) in [6.07, 6.45) is 8.47. The fourth-order valence-electron chi connectivity index (χ4n) is 2.04. The van der Waals surface area contributed by atoms with Crippen LogP contribution in [0.25, 0.3) is 0 Å². The van der Waals surface area contributed by atoms with Crippen LogP contribution in [0.4, 0.5) is 0 Å². The molecule has 0 saturated heterocycles. The van der Waals surface area contributed by atoms with Crippen molar-refractivity contribution in [3.8, 4) is 0 Å². The number of ketones is 1. The molecule has 2 aliphatic rings. The standard InChI is InChI=1S/C9H12O/c10-9-5-4-7-2-1-3-8(7)6-9/h1,3,7-8H,2,4-6H2/t7-,8+/m0/s1. The van der Waals surface area contributed by atoms with E-state index in [1.165, 1.54) is 6.42 Å². The van der Waals surface area contributed by atoms with Gasteiger partial charge in [-0.05, 0) is 24.7 Å². The molecule has 0 N–H and O–H groups in total. The predicted molar refractivity (Wildman–Crippen MR) is 39.6 cm³/mol. The fraction of sp³-hybridized carbons (Fsp3) is 0.667. The number of hydrogen-bond donors (Lipinski definition) is 0. The first-order valence-electron chi connectivity index (χ1n) is 4.04. The van der Waals surface area contributed by atoms with E-state index in [9.17, 15) is 4.79 Å². The predicted octanol–water partition coefficient (Wildman–Crippen LogP) is 1.93. The Morgan fingerprint density at radius 1 is 1.50 bits per heavy atom. The minimum Gasteiger partial charge on any atom is -0.300 e. The molecule has 2 aliphatic carbocycles. The number of fused-ring (bicyclic) bond motifs is 1. The van der Waals surface area contributed by atoms with Crippen LogP contribution in [0.3, 0.4) is 0 Å². The second-order valence-electron chi connectivity index (χ2n) is 3.37. The Hall–Kier alpha value is -0.590. The van der Waals surface area contributed by atoms with Gasteiger partial charge in [0.25, 0.3) is 0 Å². The summed E-state index contributed by atoms with van der Waals surface area (Å²) in [6.45, 7) is 0. The average Bonchev–Trinajstić information content (AvgIpc) is 2.33. The molecule has 0 spiro atoms. The molecule has 0 aromatic carbocycles. The molecule has 0 amide bonds. The van der Waals surface area contributed by atoms with Gasteiger partial charge < -0.3 is 0 Å². The normalized spacial score (nSPS) is 38.2. The maximum atomic E-state index is 11.0. The number of rotatable bonds is 0. The van der Waals surface area contributed by atoms with E-state index in [0.29, 0.717) is 11.7 Å². The quantitative estimate of drug-likeness (QED) is 0.465. The van der Waals surface area contributed by atoms with Crippen molar-refractivity contribution < 1.29 is 4.79 Å². The molecule has 1 fully saturated rings. The lowest BCUT2D eigenvalue weighted by Gasteiger charge is -2.23. The van der Waals surface area contributed by atoms with Crippen molar-refractivity contribution in [3.63, 3.8) is 0 Å². The third-order valence-electron chi connectivity index (χ3n) is 2.68. The highest BCUT2D eigenvalue weighted by Crippen LogP contribution is 2.35. The van der Waals surface area contributed by atoms with Gasteiger partial charge in [0, 0.05) is 12.8 Å². The smallest absolute Gasteiger partial charge is 0.133 e. The highest BCUT2D eigenvalue weighted by atomic mass is 16.1. The van der Waals surface area contributed by atoms with Crippen molar-refractivity contribution in [2.24, 2.45) is 11.8 Å². The van der Waals surface area contributed by atoms with Crippen molar-refractivity contribution in [1.29, 1.82) is 0 Å². The van der Waals surface area contributed by atoms with E-state index in [0.717, 1.165) is 25.2 Å². The van der Waals surface area contributed by atoms with Gasteiger partial charge in [-0.3, -0.25) is 4.79 Å². The Labute approximate surface area is 61.1 Å². The first-order valence-corrected chi connectivity index (χ1v) is 4.04. The van der Waals surface area contributed by atoms with Gasteiger partial charge in [0.1, 0.15) is 5.78 Å². The zero-order chi connectivity index (χ0) is 6.97. The minimum atomic E-state index is 0.466. The van der Waals surface area contributed by atoms with Crippen molar-refractivity contribution in [2.75, 3.05) is 0 Å². The van der Waals surface area contributed by atoms with Crippen LogP contribution in [0.1, 0.15) is 25.7 Å². The lowest BCUT2D eigenvalue weighted by molar-refractivity contribution is -0.121. The van der Waals surface area contributed by atoms with E-state index in [1.54, 1.807) is 0 Å². The summed E-state index contributed by atoms with van der Waals surface area (Å²) in [5.41, 5.74) is 0. The molecule has 1 saturated carbocycles. The van der Waals surface area contributed by atoms with E-state index < -0.39 is 0 Å². The number of Topliss-reactive ketones (excluding diaryl/α,β-unsaturated/α-hetero) is 1. The number of carbonyl (C=O) groups excluding carboxylic acids is 1. The van der Waals surface area contributed by atoms with Gasteiger partial charge in [-0.25, -0.2) is 0 Å². The summed E-state index contributed by atoms with van der Waals surface area (Å²) in [5, 5.41) is 0. The van der Waals surface area contributed by atoms with E-state index in [2.05, 4.69) is 12.2 Å². The molecular weight excluding hydrogens is 124 g/mol. The van der Waals surface area contributed by atoms with Crippen LogP contribution in [0.2, 0.25) is 0 Å². The van der Waals surface area contributed by atoms with E-state index in [4.69, 9.17) is 0 Å². The molecule has 10 heavy (non-hydrogen) atoms. The molecule has 0 aromatic heterocycles. The zero-order valence-electron chi connectivity index (χ0n) is 6.05. The summed E-state index contributed by atoms with van der Waals surface area (Å²) in [4.78, 5) is 11.0. The Morgan fingerprint density at radius 2 is 2.40 bits per heavy atom. The lowest BCUT2D eigenvalue weighted by atomic mass is 9.81. The van der Waals surface area contributed by atoms with Crippen molar-refractivity contribution in [1.82, 2.24) is 0 Å². The Bertz CT molecular complexity index is 181. The second kappa shape index (κ2) is 2.22. The van der Waals surface area contributed by atoms with E-state index in [-0.39, 0.29) is 0 Å². The average molecular weight is 136 g/mol. The minimum absolute atomic E-state index is 0.466. The number of hydrogen-bond acceptors (Lipinski definition) is 1. The molecule has 54 valence electrons. The van der Waals surface area contributed by atoms with Gasteiger partial charge in [-0.15, -0.1) is 0 Å². The fourth-order valence-corrected chi connectivity index (χ4v) is 2.04. The van der Waals surface area contributed by atoms with Crippen LogP contribution < -0.4 is 0 Å². The molecule has 0 aliphatic heterocycles. The van der Waals surface area contributed by atoms with Gasteiger partial charge in [-0.2, -0.15) is 0 Å². The molecule has 0 bridgehead atoms. The highest BCUT2D eigenvalue weighted by Gasteiger charge is 2.29. The zero-order valence-corrected chi connectivity index (χ0v) is 6.05. The second-order valence-corrected chi connectivity index (χ2v) is 3.37. The molecule has 1 heteroatoms. The maximum absolute atomic E-state index is 11.0. The molecule has 2 rings (SSSR count). The van der Waals surface area contributed by atoms with Crippen molar-refractivity contribution in [2.45, 2.75) is 25.7 Å². The first-order chi connectivity index (χ1) is 4.86. The summed E-state index contributed by atoms with van der Waals surface area (Å²) < 4.78 is 0.